The van der Waals surface area contributed by atoms with Gasteiger partial charge in [0.25, 0.3) is 0 Å². The molecule has 0 aliphatic heterocycles. The van der Waals surface area contributed by atoms with Crippen molar-refractivity contribution in [1.29, 1.82) is 0 Å². The first-order chi connectivity index (χ1) is 9.47. The monoisotopic (exact) mass is 289 g/mol. The zero-order chi connectivity index (χ0) is 14.7. The molecule has 1 atom stereocenters. The second kappa shape index (κ2) is 6.29. The van der Waals surface area contributed by atoms with Gasteiger partial charge in [-0.05, 0) is 55.7 Å². The minimum Gasteiger partial charge on any atom is -0.489 e. The van der Waals surface area contributed by atoms with E-state index in [4.69, 9.17) is 22.1 Å². The van der Waals surface area contributed by atoms with E-state index in [1.807, 2.05) is 25.1 Å². The molecule has 106 valence electrons. The Morgan fingerprint density at radius 1 is 1.10 bits per heavy atom. The first-order valence-corrected chi connectivity index (χ1v) is 7.09. The Balaban J connectivity index is 2.16. The van der Waals surface area contributed by atoms with E-state index in [-0.39, 0.29) is 6.04 Å². The quantitative estimate of drug-likeness (QED) is 0.896. The molecule has 0 saturated carbocycles. The topological polar surface area (TPSA) is 35.2 Å². The summed E-state index contributed by atoms with van der Waals surface area (Å²) in [6.07, 6.45) is 0. The summed E-state index contributed by atoms with van der Waals surface area (Å²) in [5.41, 5.74) is 10.6. The molecule has 0 radical (unpaired) electrons. The summed E-state index contributed by atoms with van der Waals surface area (Å²) in [5, 5.41) is 0.677. The van der Waals surface area contributed by atoms with Crippen LogP contribution < -0.4 is 10.5 Å². The van der Waals surface area contributed by atoms with E-state index in [9.17, 15) is 0 Å². The molecule has 2 aromatic rings. The molecule has 2 aromatic carbocycles. The van der Waals surface area contributed by atoms with Crippen LogP contribution in [0.1, 0.15) is 35.2 Å². The van der Waals surface area contributed by atoms with Gasteiger partial charge in [-0.15, -0.1) is 0 Å². The summed E-state index contributed by atoms with van der Waals surface area (Å²) in [4.78, 5) is 0. The van der Waals surface area contributed by atoms with Crippen molar-refractivity contribution in [2.75, 3.05) is 0 Å². The van der Waals surface area contributed by atoms with E-state index in [1.165, 1.54) is 11.1 Å². The summed E-state index contributed by atoms with van der Waals surface area (Å²) < 4.78 is 5.90. The van der Waals surface area contributed by atoms with E-state index in [2.05, 4.69) is 32.0 Å². The third-order valence-electron chi connectivity index (χ3n) is 3.43. The van der Waals surface area contributed by atoms with Crippen LogP contribution in [0.3, 0.4) is 0 Å². The number of aryl methyl sites for hydroxylation is 2. The molecule has 0 bridgehead atoms. The predicted octanol–water partition coefficient (Wildman–Crippen LogP) is 4.56. The Morgan fingerprint density at radius 2 is 1.85 bits per heavy atom. The van der Waals surface area contributed by atoms with Crippen LogP contribution in [0.2, 0.25) is 5.02 Å². The smallest absolute Gasteiger partial charge is 0.124 e. The number of rotatable bonds is 4. The highest BCUT2D eigenvalue weighted by Crippen LogP contribution is 2.28. The second-order valence-electron chi connectivity index (χ2n) is 5.18. The molecule has 0 aliphatic rings. The summed E-state index contributed by atoms with van der Waals surface area (Å²) >= 11 is 6.01. The molecular formula is C17H20ClNO. The maximum absolute atomic E-state index is 6.01. The minimum atomic E-state index is -0.108. The van der Waals surface area contributed by atoms with Crippen molar-refractivity contribution in [3.8, 4) is 5.75 Å². The van der Waals surface area contributed by atoms with Gasteiger partial charge in [-0.25, -0.2) is 0 Å². The minimum absolute atomic E-state index is 0.108. The second-order valence-corrected chi connectivity index (χ2v) is 5.61. The third kappa shape index (κ3) is 3.53. The van der Waals surface area contributed by atoms with Crippen molar-refractivity contribution in [3.63, 3.8) is 0 Å². The molecule has 0 saturated heterocycles. The van der Waals surface area contributed by atoms with Gasteiger partial charge in [0.15, 0.2) is 0 Å². The van der Waals surface area contributed by atoms with Gasteiger partial charge in [-0.1, -0.05) is 29.8 Å². The van der Waals surface area contributed by atoms with Crippen LogP contribution in [0.25, 0.3) is 0 Å². The number of halogens is 1. The largest absolute Gasteiger partial charge is 0.489 e. The molecule has 0 fully saturated rings. The normalized spacial score (nSPS) is 12.2. The van der Waals surface area contributed by atoms with Gasteiger partial charge in [0.05, 0.1) is 0 Å². The number of hydrogen-bond donors (Lipinski definition) is 1. The third-order valence-corrected chi connectivity index (χ3v) is 3.66. The van der Waals surface area contributed by atoms with E-state index in [1.54, 1.807) is 0 Å². The highest BCUT2D eigenvalue weighted by atomic mass is 35.5. The number of nitrogens with two attached hydrogens (primary N) is 1. The van der Waals surface area contributed by atoms with Crippen LogP contribution in [0.15, 0.2) is 36.4 Å². The highest BCUT2D eigenvalue weighted by molar-refractivity contribution is 6.30. The molecule has 2 nitrogen and oxygen atoms in total. The van der Waals surface area contributed by atoms with E-state index in [0.717, 1.165) is 16.9 Å². The van der Waals surface area contributed by atoms with Gasteiger partial charge in [-0.3, -0.25) is 0 Å². The predicted molar refractivity (Wildman–Crippen MR) is 84.3 cm³/mol. The van der Waals surface area contributed by atoms with Gasteiger partial charge >= 0.3 is 0 Å². The lowest BCUT2D eigenvalue weighted by atomic mass is 10.1. The zero-order valence-corrected chi connectivity index (χ0v) is 12.9. The number of benzene rings is 2. The van der Waals surface area contributed by atoms with Gasteiger partial charge in [0.2, 0.25) is 0 Å². The lowest BCUT2D eigenvalue weighted by Crippen LogP contribution is -2.08. The molecule has 0 spiro atoms. The Kier molecular flexibility index (Phi) is 4.69. The van der Waals surface area contributed by atoms with Gasteiger partial charge < -0.3 is 10.5 Å². The standard InChI is InChI=1S/C17H20ClNO/c1-11-4-5-14(8-12(11)2)10-20-17-7-6-15(18)9-16(17)13(3)19/h4-9,13H,10,19H2,1-3H3/t13-/m0/s1. The number of ether oxygens (including phenoxy) is 1. The highest BCUT2D eigenvalue weighted by Gasteiger charge is 2.09. The Hall–Kier alpha value is -1.51. The summed E-state index contributed by atoms with van der Waals surface area (Å²) in [7, 11) is 0. The van der Waals surface area contributed by atoms with Crippen LogP contribution in [0, 0.1) is 13.8 Å². The molecule has 0 aromatic heterocycles. The Morgan fingerprint density at radius 3 is 2.50 bits per heavy atom. The SMILES string of the molecule is Cc1ccc(COc2ccc(Cl)cc2[C@H](C)N)cc1C. The Labute approximate surface area is 125 Å². The molecule has 20 heavy (non-hydrogen) atoms. The molecule has 0 heterocycles. The lowest BCUT2D eigenvalue weighted by molar-refractivity contribution is 0.301. The van der Waals surface area contributed by atoms with Gasteiger partial charge in [0, 0.05) is 16.6 Å². The fourth-order valence-electron chi connectivity index (χ4n) is 2.06. The van der Waals surface area contributed by atoms with Gasteiger partial charge in [0.1, 0.15) is 12.4 Å². The van der Waals surface area contributed by atoms with Crippen LogP contribution in [-0.4, -0.2) is 0 Å². The zero-order valence-electron chi connectivity index (χ0n) is 12.1. The fourth-order valence-corrected chi connectivity index (χ4v) is 2.24. The van der Waals surface area contributed by atoms with E-state index >= 15 is 0 Å². The van der Waals surface area contributed by atoms with E-state index < -0.39 is 0 Å². The number of hydrogen-bond acceptors (Lipinski definition) is 2. The summed E-state index contributed by atoms with van der Waals surface area (Å²) in [6.45, 7) is 6.67. The first kappa shape index (κ1) is 14.9. The van der Waals surface area contributed by atoms with Crippen LogP contribution in [0.4, 0.5) is 0 Å². The molecule has 2 rings (SSSR count). The lowest BCUT2D eigenvalue weighted by Gasteiger charge is -2.15. The van der Waals surface area contributed by atoms with Crippen molar-refractivity contribution in [1.82, 2.24) is 0 Å². The van der Waals surface area contributed by atoms with Crippen LogP contribution >= 0.6 is 11.6 Å². The van der Waals surface area contributed by atoms with Crippen molar-refractivity contribution in [2.24, 2.45) is 5.73 Å². The molecular weight excluding hydrogens is 270 g/mol. The van der Waals surface area contributed by atoms with Crippen molar-refractivity contribution < 1.29 is 4.74 Å². The van der Waals surface area contributed by atoms with Gasteiger partial charge in [-0.2, -0.15) is 0 Å². The maximum atomic E-state index is 6.01. The summed E-state index contributed by atoms with van der Waals surface area (Å²) in [6, 6.07) is 11.8. The molecule has 3 heteroatoms. The van der Waals surface area contributed by atoms with Crippen molar-refractivity contribution in [3.05, 3.63) is 63.7 Å². The molecule has 0 aliphatic carbocycles. The average molecular weight is 290 g/mol. The maximum Gasteiger partial charge on any atom is 0.124 e. The van der Waals surface area contributed by atoms with Crippen molar-refractivity contribution in [2.45, 2.75) is 33.4 Å². The molecule has 0 unspecified atom stereocenters. The van der Waals surface area contributed by atoms with Crippen LogP contribution in [-0.2, 0) is 6.61 Å². The fraction of sp³-hybridized carbons (Fsp3) is 0.294. The first-order valence-electron chi connectivity index (χ1n) is 6.71. The Bertz CT molecular complexity index is 608. The average Bonchev–Trinajstić information content (AvgIpc) is 2.41. The van der Waals surface area contributed by atoms with Crippen LogP contribution in [0.5, 0.6) is 5.75 Å². The summed E-state index contributed by atoms with van der Waals surface area (Å²) in [5.74, 6) is 0.794. The van der Waals surface area contributed by atoms with E-state index in [0.29, 0.717) is 11.6 Å². The molecule has 2 N–H and O–H groups in total. The van der Waals surface area contributed by atoms with Crippen molar-refractivity contribution >= 4 is 11.6 Å². The molecule has 0 amide bonds.